The van der Waals surface area contributed by atoms with Gasteiger partial charge in [0.1, 0.15) is 12.1 Å². The number of hydrogen-bond acceptors (Lipinski definition) is 4. The lowest BCUT2D eigenvalue weighted by atomic mass is 9.91. The van der Waals surface area contributed by atoms with Crippen molar-refractivity contribution < 1.29 is 9.53 Å². The topological polar surface area (TPSA) is 60.2 Å². The molecule has 1 aromatic heterocycles. The molecule has 0 radical (unpaired) electrons. The molecule has 1 aliphatic heterocycles. The normalized spacial score (nSPS) is 18.8. The average molecular weight is 376 g/mol. The van der Waals surface area contributed by atoms with Crippen LogP contribution in [-0.2, 0) is 4.79 Å². The van der Waals surface area contributed by atoms with E-state index in [1.165, 1.54) is 6.33 Å². The van der Waals surface area contributed by atoms with Crippen LogP contribution in [0.25, 0.3) is 0 Å². The van der Waals surface area contributed by atoms with Crippen LogP contribution in [0.2, 0.25) is 0 Å². The summed E-state index contributed by atoms with van der Waals surface area (Å²) in [4.78, 5) is 19.4. The molecule has 6 nitrogen and oxygen atoms in total. The number of ether oxygens (including phenoxy) is 1. The number of methoxy groups -OCH3 is 1. The standard InChI is InChI=1S/C22H24N4O2/c1-15(2)21(27)25-18(16-9-5-4-6-10-16)13-19(26-22(25)23-14-24-26)17-11-7-8-12-20(17)28-3/h4-12,14-15,18-19H,13H2,1-3H3/t18-,19-/m0/s1. The molecule has 0 aliphatic carbocycles. The van der Waals surface area contributed by atoms with Crippen molar-refractivity contribution in [2.24, 2.45) is 5.92 Å². The van der Waals surface area contributed by atoms with Crippen molar-refractivity contribution in [3.8, 4) is 5.75 Å². The van der Waals surface area contributed by atoms with Gasteiger partial charge in [-0.2, -0.15) is 10.1 Å². The van der Waals surface area contributed by atoms with Crippen molar-refractivity contribution in [3.05, 3.63) is 72.1 Å². The Morgan fingerprint density at radius 2 is 1.79 bits per heavy atom. The summed E-state index contributed by atoms with van der Waals surface area (Å²) in [5.74, 6) is 1.29. The second-order valence-corrected chi connectivity index (χ2v) is 7.29. The Morgan fingerprint density at radius 3 is 2.50 bits per heavy atom. The third-order valence-electron chi connectivity index (χ3n) is 5.24. The van der Waals surface area contributed by atoms with E-state index in [0.717, 1.165) is 16.9 Å². The first-order valence-electron chi connectivity index (χ1n) is 9.52. The maximum atomic E-state index is 13.1. The van der Waals surface area contributed by atoms with E-state index in [4.69, 9.17) is 4.74 Å². The third kappa shape index (κ3) is 3.05. The molecule has 2 aromatic carbocycles. The van der Waals surface area contributed by atoms with Crippen molar-refractivity contribution in [1.82, 2.24) is 14.8 Å². The summed E-state index contributed by atoms with van der Waals surface area (Å²) >= 11 is 0. The molecule has 144 valence electrons. The van der Waals surface area contributed by atoms with Crippen molar-refractivity contribution in [1.29, 1.82) is 0 Å². The van der Waals surface area contributed by atoms with E-state index in [-0.39, 0.29) is 23.9 Å². The minimum Gasteiger partial charge on any atom is -0.496 e. The molecular weight excluding hydrogens is 352 g/mol. The van der Waals surface area contributed by atoms with Gasteiger partial charge in [-0.3, -0.25) is 9.69 Å². The first-order chi connectivity index (χ1) is 13.6. The van der Waals surface area contributed by atoms with Crippen LogP contribution in [0, 0.1) is 5.92 Å². The van der Waals surface area contributed by atoms with Crippen LogP contribution in [0.4, 0.5) is 5.95 Å². The summed E-state index contributed by atoms with van der Waals surface area (Å²) in [6, 6.07) is 17.9. The number of carbonyl (C=O) groups excluding carboxylic acids is 1. The van der Waals surface area contributed by atoms with Crippen molar-refractivity contribution in [2.45, 2.75) is 32.4 Å². The first kappa shape index (κ1) is 18.2. The molecule has 4 rings (SSSR count). The zero-order valence-electron chi connectivity index (χ0n) is 16.3. The molecule has 0 N–H and O–H groups in total. The van der Waals surface area contributed by atoms with Gasteiger partial charge in [0.05, 0.1) is 19.2 Å². The summed E-state index contributed by atoms with van der Waals surface area (Å²) in [5.41, 5.74) is 2.12. The lowest BCUT2D eigenvalue weighted by Gasteiger charge is -2.40. The summed E-state index contributed by atoms with van der Waals surface area (Å²) in [6.07, 6.45) is 2.21. The van der Waals surface area contributed by atoms with Gasteiger partial charge in [0.25, 0.3) is 0 Å². The van der Waals surface area contributed by atoms with E-state index in [2.05, 4.69) is 28.3 Å². The Bertz CT molecular complexity index is 967. The monoisotopic (exact) mass is 376 g/mol. The summed E-state index contributed by atoms with van der Waals surface area (Å²) in [5, 5.41) is 4.47. The van der Waals surface area contributed by atoms with Crippen molar-refractivity contribution in [3.63, 3.8) is 0 Å². The lowest BCUT2D eigenvalue weighted by molar-refractivity contribution is -0.122. The number of nitrogens with zero attached hydrogens (tertiary/aromatic N) is 4. The van der Waals surface area contributed by atoms with Gasteiger partial charge in [0.15, 0.2) is 0 Å². The maximum Gasteiger partial charge on any atom is 0.232 e. The third-order valence-corrected chi connectivity index (χ3v) is 5.24. The minimum atomic E-state index is -0.140. The van der Waals surface area contributed by atoms with E-state index in [9.17, 15) is 4.79 Å². The number of aromatic nitrogens is 3. The molecule has 28 heavy (non-hydrogen) atoms. The number of fused-ring (bicyclic) bond motifs is 1. The Labute approximate surface area is 164 Å². The number of amides is 1. The van der Waals surface area contributed by atoms with Crippen LogP contribution in [0.15, 0.2) is 60.9 Å². The smallest absolute Gasteiger partial charge is 0.232 e. The maximum absolute atomic E-state index is 13.1. The highest BCUT2D eigenvalue weighted by Crippen LogP contribution is 2.44. The Kier molecular flexibility index (Phi) is 4.86. The SMILES string of the molecule is COc1ccccc1[C@@H]1C[C@@H](c2ccccc2)N(C(=O)C(C)C)c2ncnn21. The minimum absolute atomic E-state index is 0.0431. The van der Waals surface area contributed by atoms with E-state index in [1.54, 1.807) is 12.0 Å². The van der Waals surface area contributed by atoms with E-state index in [0.29, 0.717) is 12.4 Å². The molecule has 0 spiro atoms. The Balaban J connectivity index is 1.87. The van der Waals surface area contributed by atoms with Crippen LogP contribution < -0.4 is 9.64 Å². The van der Waals surface area contributed by atoms with Gasteiger partial charge in [-0.15, -0.1) is 0 Å². The molecule has 1 amide bonds. The van der Waals surface area contributed by atoms with Gasteiger partial charge in [-0.25, -0.2) is 4.68 Å². The van der Waals surface area contributed by atoms with Gasteiger partial charge in [-0.05, 0) is 18.1 Å². The number of rotatable bonds is 4. The number of hydrogen-bond donors (Lipinski definition) is 0. The summed E-state index contributed by atoms with van der Waals surface area (Å²) < 4.78 is 7.45. The lowest BCUT2D eigenvalue weighted by Crippen LogP contribution is -2.44. The van der Waals surface area contributed by atoms with Crippen LogP contribution in [0.3, 0.4) is 0 Å². The fraction of sp³-hybridized carbons (Fsp3) is 0.318. The van der Waals surface area contributed by atoms with Crippen LogP contribution >= 0.6 is 0 Å². The van der Waals surface area contributed by atoms with Crippen molar-refractivity contribution >= 4 is 11.9 Å². The van der Waals surface area contributed by atoms with E-state index >= 15 is 0 Å². The predicted molar refractivity (Wildman–Crippen MR) is 107 cm³/mol. The second-order valence-electron chi connectivity index (χ2n) is 7.29. The van der Waals surface area contributed by atoms with Gasteiger partial charge < -0.3 is 4.74 Å². The highest BCUT2D eigenvalue weighted by molar-refractivity contribution is 5.94. The van der Waals surface area contributed by atoms with Gasteiger partial charge in [0.2, 0.25) is 11.9 Å². The van der Waals surface area contributed by atoms with Crippen LogP contribution in [-0.4, -0.2) is 27.8 Å². The molecule has 0 saturated carbocycles. The summed E-state index contributed by atoms with van der Waals surface area (Å²) in [6.45, 7) is 3.83. The van der Waals surface area contributed by atoms with Gasteiger partial charge >= 0.3 is 0 Å². The molecule has 1 aliphatic rings. The molecule has 0 saturated heterocycles. The quantitative estimate of drug-likeness (QED) is 0.690. The van der Waals surface area contributed by atoms with Gasteiger partial charge in [0, 0.05) is 11.5 Å². The number of anilines is 1. The number of para-hydroxylation sites is 1. The fourth-order valence-corrected chi connectivity index (χ4v) is 3.88. The molecule has 2 heterocycles. The molecule has 6 heteroatoms. The van der Waals surface area contributed by atoms with Gasteiger partial charge in [-0.1, -0.05) is 62.4 Å². The molecule has 2 atom stereocenters. The largest absolute Gasteiger partial charge is 0.496 e. The van der Waals surface area contributed by atoms with Crippen molar-refractivity contribution in [2.75, 3.05) is 12.0 Å². The Hall–Kier alpha value is -3.15. The second kappa shape index (κ2) is 7.46. The Morgan fingerprint density at radius 1 is 1.07 bits per heavy atom. The van der Waals surface area contributed by atoms with Crippen LogP contribution in [0.5, 0.6) is 5.75 Å². The predicted octanol–water partition coefficient (Wildman–Crippen LogP) is 4.01. The van der Waals surface area contributed by atoms with Crippen LogP contribution in [0.1, 0.15) is 43.5 Å². The van der Waals surface area contributed by atoms with E-state index < -0.39 is 0 Å². The highest BCUT2D eigenvalue weighted by Gasteiger charge is 2.40. The average Bonchev–Trinajstić information content (AvgIpc) is 3.22. The number of benzene rings is 2. The zero-order chi connectivity index (χ0) is 19.7. The first-order valence-corrected chi connectivity index (χ1v) is 9.52. The number of carbonyl (C=O) groups is 1. The van der Waals surface area contributed by atoms with E-state index in [1.807, 2.05) is 54.9 Å². The fourth-order valence-electron chi connectivity index (χ4n) is 3.88. The molecule has 0 fully saturated rings. The highest BCUT2D eigenvalue weighted by atomic mass is 16.5. The summed E-state index contributed by atoms with van der Waals surface area (Å²) in [7, 11) is 1.67. The molecule has 0 bridgehead atoms. The molecule has 0 unspecified atom stereocenters. The molecular formula is C22H24N4O2. The zero-order valence-corrected chi connectivity index (χ0v) is 16.3. The molecule has 3 aromatic rings.